The van der Waals surface area contributed by atoms with Crippen molar-refractivity contribution in [1.82, 2.24) is 24.5 Å². The van der Waals surface area contributed by atoms with Crippen molar-refractivity contribution >= 4 is 35.0 Å². The summed E-state index contributed by atoms with van der Waals surface area (Å²) in [5.41, 5.74) is 2.19. The van der Waals surface area contributed by atoms with Crippen molar-refractivity contribution in [2.45, 2.75) is 18.6 Å². The number of thioether (sulfide) groups is 1. The van der Waals surface area contributed by atoms with Crippen LogP contribution < -0.4 is 5.32 Å². The molecule has 0 atom stereocenters. The molecule has 0 aliphatic rings. The fraction of sp³-hybridized carbons (Fsp3) is 0.182. The molecule has 2 aromatic heterocycles. The zero-order valence-electron chi connectivity index (χ0n) is 17.7. The number of carbonyl (C=O) groups excluding carboxylic acids is 1. The predicted molar refractivity (Wildman–Crippen MR) is 124 cm³/mol. The van der Waals surface area contributed by atoms with Gasteiger partial charge in [0.25, 0.3) is 0 Å². The van der Waals surface area contributed by atoms with Gasteiger partial charge in [-0.15, -0.1) is 10.2 Å². The van der Waals surface area contributed by atoms with E-state index in [0.29, 0.717) is 22.5 Å². The second-order valence-corrected chi connectivity index (χ2v) is 8.46. The number of rotatable bonds is 7. The molecule has 0 saturated heterocycles. The average Bonchev–Trinajstić information content (AvgIpc) is 3.38. The fourth-order valence-corrected chi connectivity index (χ4v) is 4.19. The van der Waals surface area contributed by atoms with Crippen molar-refractivity contribution in [3.63, 3.8) is 0 Å². The van der Waals surface area contributed by atoms with Crippen molar-refractivity contribution < 1.29 is 13.6 Å². The highest BCUT2D eigenvalue weighted by Crippen LogP contribution is 2.32. The zero-order chi connectivity index (χ0) is 23.5. The average molecular weight is 489 g/mol. The molecule has 4 rings (SSSR count). The molecule has 0 aliphatic heterocycles. The maximum Gasteiger partial charge on any atom is 0.234 e. The van der Waals surface area contributed by atoms with Crippen molar-refractivity contribution in [3.8, 4) is 22.6 Å². The zero-order valence-corrected chi connectivity index (χ0v) is 19.3. The minimum absolute atomic E-state index is 0.0504. The van der Waals surface area contributed by atoms with Gasteiger partial charge in [-0.2, -0.15) is 5.10 Å². The van der Waals surface area contributed by atoms with Crippen LogP contribution in [-0.2, 0) is 18.4 Å². The van der Waals surface area contributed by atoms with Gasteiger partial charge in [-0.05, 0) is 31.2 Å². The van der Waals surface area contributed by atoms with E-state index >= 15 is 0 Å². The van der Waals surface area contributed by atoms with Crippen LogP contribution in [0.3, 0.4) is 0 Å². The van der Waals surface area contributed by atoms with Crippen LogP contribution in [0, 0.1) is 11.6 Å². The Bertz CT molecular complexity index is 1300. The van der Waals surface area contributed by atoms with Crippen LogP contribution in [0.2, 0.25) is 5.02 Å². The number of hydrogen-bond donors (Lipinski definition) is 1. The Hall–Kier alpha value is -3.24. The summed E-state index contributed by atoms with van der Waals surface area (Å²) in [5.74, 6) is -1.28. The molecule has 0 unspecified atom stereocenters. The van der Waals surface area contributed by atoms with E-state index in [1.54, 1.807) is 16.8 Å². The van der Waals surface area contributed by atoms with E-state index in [1.807, 2.05) is 36.9 Å². The third-order valence-corrected chi connectivity index (χ3v) is 5.97. The fourth-order valence-electron chi connectivity index (χ4n) is 3.26. The van der Waals surface area contributed by atoms with Gasteiger partial charge < -0.3 is 9.88 Å². The van der Waals surface area contributed by atoms with Gasteiger partial charge in [-0.25, -0.2) is 8.78 Å². The number of nitrogens with zero attached hydrogens (tertiary/aromatic N) is 5. The summed E-state index contributed by atoms with van der Waals surface area (Å²) in [5, 5.41) is 16.7. The molecule has 0 spiro atoms. The minimum atomic E-state index is -0.708. The Balaban J connectivity index is 1.55. The maximum absolute atomic E-state index is 13.8. The summed E-state index contributed by atoms with van der Waals surface area (Å²) in [6.45, 7) is 2.50. The quantitative estimate of drug-likeness (QED) is 0.369. The molecule has 1 amide bonds. The number of nitrogens with one attached hydrogen (secondary N) is 1. The largest absolute Gasteiger partial charge is 0.323 e. The summed E-state index contributed by atoms with van der Waals surface area (Å²) in [7, 11) is 1.82. The van der Waals surface area contributed by atoms with Crippen LogP contribution in [0.25, 0.3) is 22.6 Å². The number of amides is 1. The lowest BCUT2D eigenvalue weighted by atomic mass is 10.1. The van der Waals surface area contributed by atoms with Gasteiger partial charge in [-0.3, -0.25) is 9.48 Å². The van der Waals surface area contributed by atoms with E-state index in [1.165, 1.54) is 0 Å². The highest BCUT2D eigenvalue weighted by atomic mass is 35.5. The molecule has 1 N–H and O–H groups in total. The van der Waals surface area contributed by atoms with E-state index in [2.05, 4.69) is 20.6 Å². The third kappa shape index (κ3) is 5.07. The minimum Gasteiger partial charge on any atom is -0.323 e. The van der Waals surface area contributed by atoms with Crippen molar-refractivity contribution in [1.29, 1.82) is 0 Å². The van der Waals surface area contributed by atoms with E-state index in [4.69, 9.17) is 11.6 Å². The Morgan fingerprint density at radius 1 is 1.15 bits per heavy atom. The summed E-state index contributed by atoms with van der Waals surface area (Å²) in [6.07, 6.45) is 1.86. The summed E-state index contributed by atoms with van der Waals surface area (Å²) < 4.78 is 30.7. The van der Waals surface area contributed by atoms with Crippen molar-refractivity contribution in [2.24, 2.45) is 7.05 Å². The first-order valence-electron chi connectivity index (χ1n) is 9.96. The first kappa shape index (κ1) is 22.9. The second kappa shape index (κ2) is 9.72. The number of anilines is 1. The summed E-state index contributed by atoms with van der Waals surface area (Å²) in [4.78, 5) is 12.3. The summed E-state index contributed by atoms with van der Waals surface area (Å²) >= 11 is 7.16. The number of aromatic nitrogens is 5. The number of halogens is 3. The molecule has 11 heteroatoms. The van der Waals surface area contributed by atoms with Crippen LogP contribution in [0.1, 0.15) is 6.92 Å². The van der Waals surface area contributed by atoms with Gasteiger partial charge in [0.2, 0.25) is 5.91 Å². The molecule has 0 fully saturated rings. The van der Waals surface area contributed by atoms with Gasteiger partial charge in [0, 0.05) is 36.4 Å². The van der Waals surface area contributed by atoms with Crippen LogP contribution in [0.15, 0.2) is 53.8 Å². The molecule has 33 heavy (non-hydrogen) atoms. The van der Waals surface area contributed by atoms with Gasteiger partial charge in [0.1, 0.15) is 17.3 Å². The Kier molecular flexibility index (Phi) is 6.75. The highest BCUT2D eigenvalue weighted by molar-refractivity contribution is 7.99. The molecular formula is C22H19ClF2N6OS. The van der Waals surface area contributed by atoms with Gasteiger partial charge >= 0.3 is 0 Å². The van der Waals surface area contributed by atoms with Crippen LogP contribution >= 0.6 is 23.4 Å². The number of aryl methyl sites for hydroxylation is 1. The lowest BCUT2D eigenvalue weighted by Crippen LogP contribution is -2.15. The van der Waals surface area contributed by atoms with Gasteiger partial charge in [-0.1, -0.05) is 35.5 Å². The first-order chi connectivity index (χ1) is 15.9. The lowest BCUT2D eigenvalue weighted by molar-refractivity contribution is -0.113. The molecule has 2 heterocycles. The van der Waals surface area contributed by atoms with Gasteiger partial charge in [0.05, 0.1) is 17.0 Å². The molecule has 2 aromatic carbocycles. The van der Waals surface area contributed by atoms with Crippen LogP contribution in [-0.4, -0.2) is 36.2 Å². The van der Waals surface area contributed by atoms with Crippen molar-refractivity contribution in [3.05, 3.63) is 65.3 Å². The molecule has 0 aliphatic carbocycles. The predicted octanol–water partition coefficient (Wildman–Crippen LogP) is 5.03. The monoisotopic (exact) mass is 488 g/mol. The number of benzene rings is 2. The van der Waals surface area contributed by atoms with Crippen LogP contribution in [0.5, 0.6) is 0 Å². The molecule has 7 nitrogen and oxygen atoms in total. The van der Waals surface area contributed by atoms with Crippen LogP contribution in [0.4, 0.5) is 14.5 Å². The molecule has 0 saturated carbocycles. The SMILES string of the molecule is CCn1c(SCC(=O)Nc2cc(F)ccc2F)nnc1-c1cn(C)nc1-c1ccc(Cl)cc1. The lowest BCUT2D eigenvalue weighted by Gasteiger charge is -2.08. The normalized spacial score (nSPS) is 11.1. The number of carbonyl (C=O) groups is 1. The van der Waals surface area contributed by atoms with Crippen molar-refractivity contribution in [2.75, 3.05) is 11.1 Å². The first-order valence-corrected chi connectivity index (χ1v) is 11.3. The van der Waals surface area contributed by atoms with E-state index in [0.717, 1.165) is 46.8 Å². The Labute approximate surface area is 197 Å². The Morgan fingerprint density at radius 2 is 1.91 bits per heavy atom. The van der Waals surface area contributed by atoms with Gasteiger partial charge in [0.15, 0.2) is 11.0 Å². The molecule has 0 bridgehead atoms. The second-order valence-electron chi connectivity index (χ2n) is 7.08. The highest BCUT2D eigenvalue weighted by Gasteiger charge is 2.21. The van der Waals surface area contributed by atoms with E-state index < -0.39 is 17.5 Å². The Morgan fingerprint density at radius 3 is 2.64 bits per heavy atom. The third-order valence-electron chi connectivity index (χ3n) is 4.76. The standard InChI is InChI=1S/C22H19ClF2N6OS/c1-3-31-21(16-11-30(2)29-20(16)13-4-6-14(23)7-5-13)27-28-22(31)33-12-19(32)26-18-10-15(24)8-9-17(18)25/h4-11H,3,12H2,1-2H3,(H,26,32). The summed E-state index contributed by atoms with van der Waals surface area (Å²) in [6, 6.07) is 10.2. The maximum atomic E-state index is 13.8. The van der Waals surface area contributed by atoms with E-state index in [-0.39, 0.29) is 11.4 Å². The molecule has 4 aromatic rings. The molecule has 0 radical (unpaired) electrons. The van der Waals surface area contributed by atoms with E-state index in [9.17, 15) is 13.6 Å². The molecular weight excluding hydrogens is 470 g/mol. The number of hydrogen-bond acceptors (Lipinski definition) is 5. The topological polar surface area (TPSA) is 77.6 Å². The smallest absolute Gasteiger partial charge is 0.234 e. The molecule has 170 valence electrons.